The van der Waals surface area contributed by atoms with Crippen molar-refractivity contribution >= 4 is 4.40 Å². The predicted octanol–water partition coefficient (Wildman–Crippen LogP) is 4.10. The second kappa shape index (κ2) is 9.59. The first-order valence-corrected chi connectivity index (χ1v) is 6.84. The van der Waals surface area contributed by atoms with Gasteiger partial charge in [-0.05, 0) is 0 Å². The Balaban J connectivity index is 0. The van der Waals surface area contributed by atoms with Gasteiger partial charge in [-0.15, -0.1) is 0 Å². The monoisotopic (exact) mass is 363 g/mol. The normalized spacial score (nSPS) is 12.3. The third-order valence-electron chi connectivity index (χ3n) is 1.42. The summed E-state index contributed by atoms with van der Waals surface area (Å²) in [6.07, 6.45) is 8.57. The Kier molecular flexibility index (Phi) is 11.3. The standard InChI is InChI=1S/C11H17.C2H6.W/c1-6-8-10(7-2)9-11(3,4)5;1-2;/h1,6,8H,9H2,2-5H3;1-2H3;/q-1;;. The Morgan fingerprint density at radius 3 is 2.07 bits per heavy atom. The molecule has 0 N–H and O–H groups in total. The average Bonchev–Trinajstić information content (AvgIpc) is 2.14. The molecule has 0 saturated heterocycles. The zero-order chi connectivity index (χ0) is 11.6. The Bertz CT molecular complexity index is 192. The van der Waals surface area contributed by atoms with Crippen LogP contribution < -0.4 is 0 Å². The van der Waals surface area contributed by atoms with E-state index in [1.54, 1.807) is 0 Å². The van der Waals surface area contributed by atoms with E-state index in [1.165, 1.54) is 24.9 Å². The van der Waals surface area contributed by atoms with Crippen LogP contribution in [0.5, 0.6) is 0 Å². The molecule has 0 fully saturated rings. The summed E-state index contributed by atoms with van der Waals surface area (Å²) >= 11 is 1.49. The van der Waals surface area contributed by atoms with E-state index in [9.17, 15) is 0 Å². The first-order valence-electron chi connectivity index (χ1n) is 5.15. The summed E-state index contributed by atoms with van der Waals surface area (Å²) in [5, 5.41) is 0. The van der Waals surface area contributed by atoms with Crippen molar-refractivity contribution in [1.29, 1.82) is 0 Å². The van der Waals surface area contributed by atoms with Gasteiger partial charge >= 0.3 is 87.1 Å². The molecule has 0 aromatic carbocycles. The summed E-state index contributed by atoms with van der Waals surface area (Å²) in [6, 6.07) is 0. The molecule has 14 heavy (non-hydrogen) atoms. The zero-order valence-corrected chi connectivity index (χ0v) is 13.3. The van der Waals surface area contributed by atoms with E-state index in [1.807, 2.05) is 20.8 Å². The fraction of sp³-hybridized carbons (Fsp3) is 0.615. The van der Waals surface area contributed by atoms with Crippen molar-refractivity contribution in [1.82, 2.24) is 0 Å². The first kappa shape index (κ1) is 16.5. The second-order valence-electron chi connectivity index (χ2n) is 4.01. The third kappa shape index (κ3) is 12.0. The molecule has 0 atom stereocenters. The van der Waals surface area contributed by atoms with Crippen LogP contribution in [0, 0.1) is 11.5 Å². The van der Waals surface area contributed by atoms with E-state index in [-0.39, 0.29) is 0 Å². The molecule has 0 bridgehead atoms. The molecule has 82 valence electrons. The van der Waals surface area contributed by atoms with E-state index in [2.05, 4.69) is 43.4 Å². The summed E-state index contributed by atoms with van der Waals surface area (Å²) in [6.45, 7) is 12.7. The van der Waals surface area contributed by atoms with Gasteiger partial charge in [-0.25, -0.2) is 0 Å². The van der Waals surface area contributed by atoms with Crippen molar-refractivity contribution in [3.05, 3.63) is 23.8 Å². The molecular formula is C13H23W-. The minimum absolute atomic E-state index is 0.364. The average molecular weight is 363 g/mol. The number of hydrogen-bond acceptors (Lipinski definition) is 0. The topological polar surface area (TPSA) is 0 Å². The van der Waals surface area contributed by atoms with E-state index < -0.39 is 0 Å². The van der Waals surface area contributed by atoms with Gasteiger partial charge in [0.25, 0.3) is 0 Å². The van der Waals surface area contributed by atoms with Crippen LogP contribution in [0.25, 0.3) is 0 Å². The molecule has 1 heteroatoms. The molecule has 0 rings (SSSR count). The minimum atomic E-state index is 0.364. The molecule has 0 heterocycles. The molecule has 0 nitrogen and oxygen atoms in total. The molecule has 0 saturated carbocycles. The van der Waals surface area contributed by atoms with Gasteiger partial charge in [0.05, 0.1) is 0 Å². The van der Waals surface area contributed by atoms with E-state index in [0.29, 0.717) is 5.41 Å². The van der Waals surface area contributed by atoms with Crippen LogP contribution in [0.3, 0.4) is 0 Å². The summed E-state index contributed by atoms with van der Waals surface area (Å²) in [5.41, 5.74) is 1.67. The first-order chi connectivity index (χ1) is 6.49. The van der Waals surface area contributed by atoms with Gasteiger partial charge < -0.3 is 0 Å². The molecule has 0 amide bonds. The summed E-state index contributed by atoms with van der Waals surface area (Å²) in [7, 11) is 0. The van der Waals surface area contributed by atoms with Gasteiger partial charge in [0.15, 0.2) is 0 Å². The summed E-state index contributed by atoms with van der Waals surface area (Å²) in [4.78, 5) is 0. The molecule has 0 aliphatic rings. The third-order valence-corrected chi connectivity index (χ3v) is 1.98. The number of allylic oxidation sites excluding steroid dienone is 4. The van der Waals surface area contributed by atoms with Crippen molar-refractivity contribution in [3.63, 3.8) is 0 Å². The maximum atomic E-state index is 3.21. The van der Waals surface area contributed by atoms with Gasteiger partial charge in [-0.1, -0.05) is 13.8 Å². The van der Waals surface area contributed by atoms with Crippen LogP contribution in [-0.2, 0) is 19.4 Å². The molecule has 0 unspecified atom stereocenters. The molecule has 0 radical (unpaired) electrons. The second-order valence-corrected chi connectivity index (χ2v) is 4.99. The van der Waals surface area contributed by atoms with Crippen LogP contribution in [0.1, 0.15) is 48.0 Å². The van der Waals surface area contributed by atoms with Gasteiger partial charge in [-0.2, -0.15) is 0 Å². The fourth-order valence-electron chi connectivity index (χ4n) is 0.957. The Hall–Kier alpha value is 0.0383. The van der Waals surface area contributed by atoms with Crippen LogP contribution >= 0.6 is 0 Å². The Labute approximate surface area is 101 Å². The quantitative estimate of drug-likeness (QED) is 0.523. The van der Waals surface area contributed by atoms with Crippen molar-refractivity contribution in [2.45, 2.75) is 48.0 Å². The van der Waals surface area contributed by atoms with Gasteiger partial charge in [0, 0.05) is 0 Å². The van der Waals surface area contributed by atoms with E-state index in [0.717, 1.165) is 6.42 Å². The van der Waals surface area contributed by atoms with Gasteiger partial charge in [-0.3, -0.25) is 0 Å². The fourth-order valence-corrected chi connectivity index (χ4v) is 1.24. The SMILES string of the molecule is CC.C[C-]=C(C=C[CH]=[W])CC(C)(C)C. The Morgan fingerprint density at radius 2 is 1.79 bits per heavy atom. The van der Waals surface area contributed by atoms with E-state index in [4.69, 9.17) is 0 Å². The van der Waals surface area contributed by atoms with Crippen molar-refractivity contribution in [2.75, 3.05) is 0 Å². The van der Waals surface area contributed by atoms with Crippen molar-refractivity contribution in [3.8, 4) is 0 Å². The molecule has 0 spiro atoms. The molecule has 0 aliphatic heterocycles. The molecular weight excluding hydrogens is 340 g/mol. The van der Waals surface area contributed by atoms with Crippen LogP contribution in [0.2, 0.25) is 0 Å². The molecule has 0 aromatic rings. The Morgan fingerprint density at radius 1 is 1.29 bits per heavy atom. The number of rotatable bonds is 3. The van der Waals surface area contributed by atoms with E-state index >= 15 is 0 Å². The summed E-state index contributed by atoms with van der Waals surface area (Å²) in [5.74, 6) is 0. The van der Waals surface area contributed by atoms with Crippen LogP contribution in [0.4, 0.5) is 0 Å². The predicted molar refractivity (Wildman–Crippen MR) is 63.1 cm³/mol. The van der Waals surface area contributed by atoms with Crippen molar-refractivity contribution < 1.29 is 19.4 Å². The van der Waals surface area contributed by atoms with Crippen LogP contribution in [-0.4, -0.2) is 4.40 Å². The molecule has 0 aliphatic carbocycles. The summed E-state index contributed by atoms with van der Waals surface area (Å²) < 4.78 is 2.12. The molecule has 0 aromatic heterocycles. The number of hydrogen-bond donors (Lipinski definition) is 0. The van der Waals surface area contributed by atoms with Crippen molar-refractivity contribution in [2.24, 2.45) is 5.41 Å². The van der Waals surface area contributed by atoms with Gasteiger partial charge in [0.2, 0.25) is 0 Å². The van der Waals surface area contributed by atoms with Gasteiger partial charge in [0.1, 0.15) is 0 Å². The van der Waals surface area contributed by atoms with Crippen LogP contribution in [0.15, 0.2) is 17.7 Å². The maximum absolute atomic E-state index is 3.21. The zero-order valence-electron chi connectivity index (χ0n) is 10.3.